The molecule has 2 fully saturated rings. The number of hydrogen-bond acceptors (Lipinski definition) is 5. The van der Waals surface area contributed by atoms with Gasteiger partial charge >= 0.3 is 0 Å². The van der Waals surface area contributed by atoms with E-state index < -0.39 is 0 Å². The Morgan fingerprint density at radius 3 is 2.71 bits per heavy atom. The largest absolute Gasteiger partial charge is 0.356 e. The lowest BCUT2D eigenvalue weighted by Crippen LogP contribution is -2.40. The van der Waals surface area contributed by atoms with Crippen molar-refractivity contribution in [3.05, 3.63) is 12.5 Å². The highest BCUT2D eigenvalue weighted by Gasteiger charge is 2.33. The highest BCUT2D eigenvalue weighted by Crippen LogP contribution is 2.32. The fourth-order valence-corrected chi connectivity index (χ4v) is 3.65. The van der Waals surface area contributed by atoms with Crippen LogP contribution in [0.15, 0.2) is 12.5 Å². The van der Waals surface area contributed by atoms with Crippen molar-refractivity contribution in [2.45, 2.75) is 25.7 Å². The van der Waals surface area contributed by atoms with Gasteiger partial charge in [0.05, 0.1) is 11.6 Å². The maximum Gasteiger partial charge on any atom is 0.225 e. The first-order valence-electron chi connectivity index (χ1n) is 8.76. The summed E-state index contributed by atoms with van der Waals surface area (Å²) < 4.78 is 1.78. The van der Waals surface area contributed by atoms with Gasteiger partial charge in [0.2, 0.25) is 5.91 Å². The molecule has 1 aliphatic carbocycles. The lowest BCUT2D eigenvalue weighted by atomic mass is 9.96. The Morgan fingerprint density at radius 1 is 1.25 bits per heavy atom. The molecule has 0 bridgehead atoms. The number of anilines is 1. The molecular weight excluding hydrogens is 304 g/mol. The summed E-state index contributed by atoms with van der Waals surface area (Å²) in [6.45, 7) is 2.82. The Balaban J connectivity index is 1.39. The number of amides is 1. The van der Waals surface area contributed by atoms with Crippen LogP contribution in [0.5, 0.6) is 0 Å². The normalized spacial score (nSPS) is 19.0. The molecule has 4 rings (SSSR count). The van der Waals surface area contributed by atoms with Gasteiger partial charge in [0.1, 0.15) is 12.1 Å². The minimum absolute atomic E-state index is 0.315. The van der Waals surface area contributed by atoms with Crippen LogP contribution in [0.3, 0.4) is 0 Å². The smallest absolute Gasteiger partial charge is 0.225 e. The first-order chi connectivity index (χ1) is 11.6. The second-order valence-corrected chi connectivity index (χ2v) is 7.13. The summed E-state index contributed by atoms with van der Waals surface area (Å²) in [5.41, 5.74) is 0.872. The van der Waals surface area contributed by atoms with Crippen LogP contribution < -0.4 is 4.90 Å². The Labute approximate surface area is 141 Å². The molecule has 0 atom stereocenters. The number of aryl methyl sites for hydroxylation is 1. The third kappa shape index (κ3) is 2.83. The molecule has 0 N–H and O–H groups in total. The number of nitrogens with zero attached hydrogens (tertiary/aromatic N) is 6. The third-order valence-electron chi connectivity index (χ3n) is 5.26. The second kappa shape index (κ2) is 6.03. The molecule has 1 saturated carbocycles. The maximum absolute atomic E-state index is 12.1. The lowest BCUT2D eigenvalue weighted by molar-refractivity contribution is -0.131. The van der Waals surface area contributed by atoms with E-state index in [1.165, 1.54) is 0 Å². The fourth-order valence-electron chi connectivity index (χ4n) is 3.65. The van der Waals surface area contributed by atoms with Crippen LogP contribution >= 0.6 is 0 Å². The molecule has 7 heteroatoms. The standard InChI is InChI=1S/C17H24N6O/c1-21(17(24)13-3-4-13)10-12-5-7-23(8-6-12)16-14-9-20-22(2)15(14)18-11-19-16/h9,11-13H,3-8,10H2,1-2H3. The van der Waals surface area contributed by atoms with Crippen LogP contribution in [-0.2, 0) is 11.8 Å². The van der Waals surface area contributed by atoms with Crippen molar-refractivity contribution >= 4 is 22.8 Å². The molecule has 0 radical (unpaired) electrons. The Bertz CT molecular complexity index is 745. The number of fused-ring (bicyclic) bond motifs is 1. The molecule has 128 valence electrons. The molecule has 7 nitrogen and oxygen atoms in total. The second-order valence-electron chi connectivity index (χ2n) is 7.13. The predicted octanol–water partition coefficient (Wildman–Crippen LogP) is 1.45. The highest BCUT2D eigenvalue weighted by atomic mass is 16.2. The van der Waals surface area contributed by atoms with Gasteiger partial charge in [-0.25, -0.2) is 9.97 Å². The highest BCUT2D eigenvalue weighted by molar-refractivity contribution is 5.86. The van der Waals surface area contributed by atoms with Gasteiger partial charge in [-0.15, -0.1) is 0 Å². The quantitative estimate of drug-likeness (QED) is 0.850. The first-order valence-corrected chi connectivity index (χ1v) is 8.76. The van der Waals surface area contributed by atoms with Crippen molar-refractivity contribution in [3.8, 4) is 0 Å². The third-order valence-corrected chi connectivity index (χ3v) is 5.26. The summed E-state index contributed by atoms with van der Waals surface area (Å²) in [5.74, 6) is 2.22. The van der Waals surface area contributed by atoms with Crippen molar-refractivity contribution in [2.75, 3.05) is 31.6 Å². The zero-order chi connectivity index (χ0) is 16.7. The molecule has 0 spiro atoms. The molecule has 1 amide bonds. The maximum atomic E-state index is 12.1. The van der Waals surface area contributed by atoms with Gasteiger partial charge < -0.3 is 9.80 Å². The summed E-state index contributed by atoms with van der Waals surface area (Å²) in [6.07, 6.45) is 7.81. The zero-order valence-electron chi connectivity index (χ0n) is 14.4. The molecular formula is C17H24N6O. The van der Waals surface area contributed by atoms with Crippen molar-refractivity contribution in [3.63, 3.8) is 0 Å². The number of hydrogen-bond donors (Lipinski definition) is 0. The van der Waals surface area contributed by atoms with Gasteiger partial charge in [0, 0.05) is 39.6 Å². The van der Waals surface area contributed by atoms with Gasteiger partial charge in [0.25, 0.3) is 0 Å². The van der Waals surface area contributed by atoms with E-state index in [0.717, 1.165) is 62.2 Å². The molecule has 1 aliphatic heterocycles. The van der Waals surface area contributed by atoms with E-state index in [-0.39, 0.29) is 0 Å². The average molecular weight is 328 g/mol. The number of rotatable bonds is 4. The van der Waals surface area contributed by atoms with E-state index in [2.05, 4.69) is 20.0 Å². The van der Waals surface area contributed by atoms with E-state index in [0.29, 0.717) is 17.7 Å². The zero-order valence-corrected chi connectivity index (χ0v) is 14.4. The summed E-state index contributed by atoms with van der Waals surface area (Å²) in [7, 11) is 3.86. The number of carbonyl (C=O) groups is 1. The van der Waals surface area contributed by atoms with Gasteiger partial charge in [-0.05, 0) is 31.6 Å². The topological polar surface area (TPSA) is 67.2 Å². The Hall–Kier alpha value is -2.18. The van der Waals surface area contributed by atoms with Crippen molar-refractivity contribution in [1.82, 2.24) is 24.6 Å². The SMILES string of the molecule is CN(CC1CCN(c2ncnc3c2cnn3C)CC1)C(=O)C1CC1. The van der Waals surface area contributed by atoms with Crippen LogP contribution in [0.4, 0.5) is 5.82 Å². The minimum Gasteiger partial charge on any atom is -0.356 e. The van der Waals surface area contributed by atoms with E-state index >= 15 is 0 Å². The Kier molecular flexibility index (Phi) is 3.86. The van der Waals surface area contributed by atoms with Gasteiger partial charge in [-0.1, -0.05) is 0 Å². The predicted molar refractivity (Wildman–Crippen MR) is 91.6 cm³/mol. The summed E-state index contributed by atoms with van der Waals surface area (Å²) in [4.78, 5) is 25.2. The van der Waals surface area contributed by atoms with Crippen LogP contribution in [0.25, 0.3) is 11.0 Å². The molecule has 3 heterocycles. The van der Waals surface area contributed by atoms with E-state index in [9.17, 15) is 4.79 Å². The van der Waals surface area contributed by atoms with Crippen LogP contribution in [0.1, 0.15) is 25.7 Å². The van der Waals surface area contributed by atoms with Crippen LogP contribution in [0.2, 0.25) is 0 Å². The first kappa shape index (κ1) is 15.4. The monoisotopic (exact) mass is 328 g/mol. The number of piperidine rings is 1. The van der Waals surface area contributed by atoms with Gasteiger partial charge in [0.15, 0.2) is 5.65 Å². The summed E-state index contributed by atoms with van der Waals surface area (Å²) in [5, 5.41) is 5.30. The van der Waals surface area contributed by atoms with Gasteiger partial charge in [-0.2, -0.15) is 5.10 Å². The van der Waals surface area contributed by atoms with Crippen molar-refractivity contribution in [1.29, 1.82) is 0 Å². The number of carbonyl (C=O) groups excluding carboxylic acids is 1. The minimum atomic E-state index is 0.315. The number of aromatic nitrogens is 4. The fraction of sp³-hybridized carbons (Fsp3) is 0.647. The average Bonchev–Trinajstić information content (AvgIpc) is 3.38. The molecule has 2 aromatic rings. The van der Waals surface area contributed by atoms with Crippen molar-refractivity contribution in [2.24, 2.45) is 18.9 Å². The van der Waals surface area contributed by atoms with Gasteiger partial charge in [-0.3, -0.25) is 9.48 Å². The molecule has 0 unspecified atom stereocenters. The summed E-state index contributed by atoms with van der Waals surface area (Å²) >= 11 is 0. The molecule has 0 aromatic carbocycles. The molecule has 2 aliphatic rings. The molecule has 24 heavy (non-hydrogen) atoms. The van der Waals surface area contributed by atoms with Crippen LogP contribution in [-0.4, -0.2) is 57.2 Å². The molecule has 2 aromatic heterocycles. The van der Waals surface area contributed by atoms with E-state index in [4.69, 9.17) is 0 Å². The van der Waals surface area contributed by atoms with E-state index in [1.807, 2.05) is 25.2 Å². The van der Waals surface area contributed by atoms with Crippen molar-refractivity contribution < 1.29 is 4.79 Å². The summed E-state index contributed by atoms with van der Waals surface area (Å²) in [6, 6.07) is 0. The Morgan fingerprint density at radius 2 is 2.00 bits per heavy atom. The molecule has 1 saturated heterocycles. The lowest BCUT2D eigenvalue weighted by Gasteiger charge is -2.34. The van der Waals surface area contributed by atoms with E-state index in [1.54, 1.807) is 11.0 Å². The van der Waals surface area contributed by atoms with Crippen LogP contribution in [0, 0.1) is 11.8 Å².